The minimum absolute atomic E-state index is 0.0563. The summed E-state index contributed by atoms with van der Waals surface area (Å²) in [6.45, 7) is 1.88. The zero-order valence-corrected chi connectivity index (χ0v) is 12.8. The molecule has 116 valence electrons. The highest BCUT2D eigenvalue weighted by Gasteiger charge is 2.55. The van der Waals surface area contributed by atoms with Gasteiger partial charge in [-0.25, -0.2) is 4.79 Å². The Hall–Kier alpha value is -2.14. The number of rotatable bonds is 3. The first-order valence-electron chi connectivity index (χ1n) is 7.67. The van der Waals surface area contributed by atoms with Crippen LogP contribution in [-0.2, 0) is 4.79 Å². The van der Waals surface area contributed by atoms with Gasteiger partial charge in [0.2, 0.25) is 0 Å². The first-order chi connectivity index (χ1) is 10.6. The molecule has 2 aliphatic rings. The number of hydrogen-bond donors (Lipinski definition) is 1. The van der Waals surface area contributed by atoms with E-state index in [2.05, 4.69) is 5.32 Å². The minimum atomic E-state index is -0.636. The number of amides is 3. The molecule has 0 saturated carbocycles. The number of hydrogen-bond acceptors (Lipinski definition) is 3. The number of nitrogens with zero attached hydrogens (tertiary/aromatic N) is 2. The van der Waals surface area contributed by atoms with Gasteiger partial charge in [-0.3, -0.25) is 9.69 Å². The summed E-state index contributed by atoms with van der Waals surface area (Å²) in [7, 11) is 1.74. The largest absolute Gasteiger partial charge is 0.327 e. The molecule has 0 unspecified atom stereocenters. The highest BCUT2D eigenvalue weighted by atomic mass is 16.2. The topological polar surface area (TPSA) is 52.7 Å². The Labute approximate surface area is 130 Å². The summed E-state index contributed by atoms with van der Waals surface area (Å²) < 4.78 is 0. The lowest BCUT2D eigenvalue weighted by molar-refractivity contribution is -0.133. The molecule has 0 atom stereocenters. The van der Waals surface area contributed by atoms with Crippen molar-refractivity contribution in [3.05, 3.63) is 42.0 Å². The fourth-order valence-corrected chi connectivity index (χ4v) is 3.25. The number of carbonyl (C=O) groups is 2. The van der Waals surface area contributed by atoms with Crippen LogP contribution in [0.5, 0.6) is 0 Å². The molecule has 0 radical (unpaired) electrons. The van der Waals surface area contributed by atoms with Crippen molar-refractivity contribution in [2.24, 2.45) is 0 Å². The smallest absolute Gasteiger partial charge is 0.317 e. The van der Waals surface area contributed by atoms with Gasteiger partial charge in [0.1, 0.15) is 5.54 Å². The Morgan fingerprint density at radius 3 is 2.55 bits per heavy atom. The second-order valence-corrected chi connectivity index (χ2v) is 5.85. The van der Waals surface area contributed by atoms with Crippen molar-refractivity contribution in [1.82, 2.24) is 15.1 Å². The summed E-state index contributed by atoms with van der Waals surface area (Å²) in [5.74, 6) is -0.0563. The van der Waals surface area contributed by atoms with E-state index in [1.807, 2.05) is 42.5 Å². The van der Waals surface area contributed by atoms with Gasteiger partial charge in [-0.2, -0.15) is 0 Å². The van der Waals surface area contributed by atoms with E-state index in [4.69, 9.17) is 0 Å². The van der Waals surface area contributed by atoms with Crippen molar-refractivity contribution in [3.63, 3.8) is 0 Å². The van der Waals surface area contributed by atoms with Gasteiger partial charge in [0.05, 0.1) is 0 Å². The number of benzene rings is 1. The highest BCUT2D eigenvalue weighted by molar-refractivity contribution is 6.07. The molecule has 5 nitrogen and oxygen atoms in total. The number of imide groups is 1. The summed E-state index contributed by atoms with van der Waals surface area (Å²) in [5, 5.41) is 3.25. The molecule has 0 bridgehead atoms. The lowest BCUT2D eigenvalue weighted by atomic mass is 9.87. The molecule has 2 saturated heterocycles. The van der Waals surface area contributed by atoms with Crippen molar-refractivity contribution in [1.29, 1.82) is 0 Å². The average molecular weight is 299 g/mol. The van der Waals surface area contributed by atoms with Crippen LogP contribution in [0.3, 0.4) is 0 Å². The van der Waals surface area contributed by atoms with E-state index in [0.29, 0.717) is 19.4 Å². The van der Waals surface area contributed by atoms with Crippen molar-refractivity contribution < 1.29 is 9.59 Å². The summed E-state index contributed by atoms with van der Waals surface area (Å²) in [4.78, 5) is 28.2. The first-order valence-corrected chi connectivity index (χ1v) is 7.67. The van der Waals surface area contributed by atoms with Gasteiger partial charge in [0.15, 0.2) is 0 Å². The predicted octanol–water partition coefficient (Wildman–Crippen LogP) is 1.72. The molecule has 3 amide bonds. The van der Waals surface area contributed by atoms with E-state index in [0.717, 1.165) is 18.7 Å². The Kier molecular flexibility index (Phi) is 3.98. The fourth-order valence-electron chi connectivity index (χ4n) is 3.25. The normalized spacial score (nSPS) is 21.3. The molecule has 1 spiro atoms. The van der Waals surface area contributed by atoms with Crippen LogP contribution in [0.15, 0.2) is 36.4 Å². The number of urea groups is 1. The lowest BCUT2D eigenvalue weighted by Crippen LogP contribution is -2.54. The van der Waals surface area contributed by atoms with E-state index < -0.39 is 5.54 Å². The average Bonchev–Trinajstić information content (AvgIpc) is 2.73. The van der Waals surface area contributed by atoms with E-state index >= 15 is 0 Å². The molecule has 3 rings (SSSR count). The molecular weight excluding hydrogens is 278 g/mol. The summed E-state index contributed by atoms with van der Waals surface area (Å²) >= 11 is 0. The van der Waals surface area contributed by atoms with E-state index in [1.54, 1.807) is 11.9 Å². The van der Waals surface area contributed by atoms with E-state index in [1.165, 1.54) is 4.90 Å². The molecule has 1 N–H and O–H groups in total. The van der Waals surface area contributed by atoms with Crippen LogP contribution in [-0.4, -0.2) is 54.0 Å². The van der Waals surface area contributed by atoms with Crippen LogP contribution in [0.4, 0.5) is 4.79 Å². The summed E-state index contributed by atoms with van der Waals surface area (Å²) in [6.07, 6.45) is 5.19. The van der Waals surface area contributed by atoms with Gasteiger partial charge >= 0.3 is 6.03 Å². The molecule has 0 aliphatic carbocycles. The maximum atomic E-state index is 12.7. The number of likely N-dealkylation sites (N-methyl/N-ethyl adjacent to an activating group) is 1. The monoisotopic (exact) mass is 299 g/mol. The van der Waals surface area contributed by atoms with Crippen LogP contribution in [0.25, 0.3) is 6.08 Å². The fraction of sp³-hybridized carbons (Fsp3) is 0.412. The van der Waals surface area contributed by atoms with Gasteiger partial charge in [-0.1, -0.05) is 42.5 Å². The van der Waals surface area contributed by atoms with Crippen molar-refractivity contribution >= 4 is 18.0 Å². The minimum Gasteiger partial charge on any atom is -0.317 e. The maximum Gasteiger partial charge on any atom is 0.327 e. The predicted molar refractivity (Wildman–Crippen MR) is 85.2 cm³/mol. The quantitative estimate of drug-likeness (QED) is 0.865. The second kappa shape index (κ2) is 5.93. The third-order valence-electron chi connectivity index (χ3n) is 4.63. The van der Waals surface area contributed by atoms with Gasteiger partial charge in [-0.15, -0.1) is 0 Å². The summed E-state index contributed by atoms with van der Waals surface area (Å²) in [5.41, 5.74) is 0.426. The maximum absolute atomic E-state index is 12.7. The lowest BCUT2D eigenvalue weighted by Gasteiger charge is -2.36. The van der Waals surface area contributed by atoms with Crippen molar-refractivity contribution in [2.45, 2.75) is 18.4 Å². The first kappa shape index (κ1) is 14.8. The van der Waals surface area contributed by atoms with Gasteiger partial charge in [0, 0.05) is 13.6 Å². The number of nitrogens with one attached hydrogen (secondary N) is 1. The Bertz CT molecular complexity index is 591. The number of piperidine rings is 1. The molecule has 2 aliphatic heterocycles. The van der Waals surface area contributed by atoms with Crippen molar-refractivity contribution in [3.8, 4) is 0 Å². The Morgan fingerprint density at radius 2 is 1.86 bits per heavy atom. The standard InChI is InChI=1S/C17H21N3O2/c1-19-16(22)20(13-5-8-14-6-3-2-4-7-14)15(21)17(19)9-11-18-12-10-17/h2-8,18H,9-13H2,1H3/b8-5+. The molecule has 1 aromatic carbocycles. The van der Waals surface area contributed by atoms with E-state index in [9.17, 15) is 9.59 Å². The number of carbonyl (C=O) groups excluding carboxylic acids is 2. The summed E-state index contributed by atoms with van der Waals surface area (Å²) in [6, 6.07) is 9.67. The van der Waals surface area contributed by atoms with E-state index in [-0.39, 0.29) is 11.9 Å². The Morgan fingerprint density at radius 1 is 1.18 bits per heavy atom. The van der Waals surface area contributed by atoms with Crippen LogP contribution < -0.4 is 5.32 Å². The Balaban J connectivity index is 1.73. The third-order valence-corrected chi connectivity index (χ3v) is 4.63. The SMILES string of the molecule is CN1C(=O)N(C/C=C/c2ccccc2)C(=O)C12CCNCC2. The van der Waals surface area contributed by atoms with Gasteiger partial charge in [-0.05, 0) is 31.5 Å². The molecule has 2 fully saturated rings. The van der Waals surface area contributed by atoms with Crippen LogP contribution in [0.2, 0.25) is 0 Å². The zero-order chi connectivity index (χ0) is 15.6. The van der Waals surface area contributed by atoms with Gasteiger partial charge < -0.3 is 10.2 Å². The molecule has 1 aromatic rings. The molecular formula is C17H21N3O2. The molecule has 22 heavy (non-hydrogen) atoms. The third kappa shape index (κ3) is 2.41. The molecule has 0 aromatic heterocycles. The van der Waals surface area contributed by atoms with Crippen LogP contribution >= 0.6 is 0 Å². The second-order valence-electron chi connectivity index (χ2n) is 5.85. The van der Waals surface area contributed by atoms with Crippen molar-refractivity contribution in [2.75, 3.05) is 26.7 Å². The van der Waals surface area contributed by atoms with Crippen LogP contribution in [0, 0.1) is 0 Å². The highest BCUT2D eigenvalue weighted by Crippen LogP contribution is 2.34. The van der Waals surface area contributed by atoms with Crippen LogP contribution in [0.1, 0.15) is 18.4 Å². The zero-order valence-electron chi connectivity index (χ0n) is 12.8. The molecule has 5 heteroatoms. The molecule has 2 heterocycles. The van der Waals surface area contributed by atoms with Gasteiger partial charge in [0.25, 0.3) is 5.91 Å².